The molecule has 2 rings (SSSR count). The number of ether oxygens (including phenoxy) is 1. The van der Waals surface area contributed by atoms with Crippen LogP contribution in [0.15, 0.2) is 30.3 Å². The lowest BCUT2D eigenvalue weighted by Gasteiger charge is -2.43. The van der Waals surface area contributed by atoms with Gasteiger partial charge in [0.2, 0.25) is 0 Å². The zero-order chi connectivity index (χ0) is 15.3. The maximum atomic E-state index is 5.94. The Hall–Kier alpha value is -0.900. The van der Waals surface area contributed by atoms with Gasteiger partial charge in [-0.15, -0.1) is 0 Å². The van der Waals surface area contributed by atoms with Crippen LogP contribution in [0.3, 0.4) is 0 Å². The number of nitrogens with two attached hydrogens (primary N) is 1. The molecule has 21 heavy (non-hydrogen) atoms. The van der Waals surface area contributed by atoms with Crippen molar-refractivity contribution in [2.24, 2.45) is 5.41 Å². The van der Waals surface area contributed by atoms with E-state index < -0.39 is 0 Å². The van der Waals surface area contributed by atoms with E-state index in [1.165, 1.54) is 25.1 Å². The van der Waals surface area contributed by atoms with Gasteiger partial charge < -0.3 is 15.0 Å². The van der Waals surface area contributed by atoms with Crippen molar-refractivity contribution in [1.29, 1.82) is 0 Å². The SMILES string of the molecule is C[NH+](C)C[C@]1(C[NH2+]Cc2ccccc2)CCOC(C)(C)C1. The summed E-state index contributed by atoms with van der Waals surface area (Å²) in [4.78, 5) is 1.54. The Kier molecular flexibility index (Phi) is 5.42. The molecule has 1 aromatic rings. The van der Waals surface area contributed by atoms with E-state index in [0.29, 0.717) is 5.41 Å². The second-order valence-corrected chi connectivity index (χ2v) is 7.60. The lowest BCUT2D eigenvalue weighted by molar-refractivity contribution is -0.870. The molecule has 0 spiro atoms. The molecule has 1 heterocycles. The molecule has 1 saturated heterocycles. The third kappa shape index (κ3) is 5.10. The van der Waals surface area contributed by atoms with Crippen molar-refractivity contribution in [3.63, 3.8) is 0 Å². The van der Waals surface area contributed by atoms with E-state index in [0.717, 1.165) is 19.6 Å². The first-order valence-electron chi connectivity index (χ1n) is 8.19. The summed E-state index contributed by atoms with van der Waals surface area (Å²) in [5.74, 6) is 0. The standard InChI is InChI=1S/C18H30N2O/c1-17(2)13-18(10-11-21-17,15-20(3)4)14-19-12-16-8-6-5-7-9-16/h5-9,19H,10-15H2,1-4H3/p+2/t18-/m1/s1. The van der Waals surface area contributed by atoms with Crippen LogP contribution in [0, 0.1) is 5.41 Å². The number of nitrogens with one attached hydrogen (secondary N) is 1. The van der Waals surface area contributed by atoms with E-state index in [1.54, 1.807) is 4.90 Å². The van der Waals surface area contributed by atoms with Gasteiger partial charge in [0.1, 0.15) is 6.54 Å². The highest BCUT2D eigenvalue weighted by atomic mass is 16.5. The van der Waals surface area contributed by atoms with Crippen LogP contribution in [0.25, 0.3) is 0 Å². The largest absolute Gasteiger partial charge is 0.376 e. The van der Waals surface area contributed by atoms with Gasteiger partial charge in [0.25, 0.3) is 0 Å². The Labute approximate surface area is 129 Å². The summed E-state index contributed by atoms with van der Waals surface area (Å²) in [6, 6.07) is 10.8. The highest BCUT2D eigenvalue weighted by Crippen LogP contribution is 2.36. The molecule has 0 unspecified atom stereocenters. The molecule has 0 saturated carbocycles. The van der Waals surface area contributed by atoms with Crippen LogP contribution in [0.4, 0.5) is 0 Å². The Morgan fingerprint density at radius 3 is 2.52 bits per heavy atom. The van der Waals surface area contributed by atoms with Crippen LogP contribution < -0.4 is 10.2 Å². The molecule has 0 amide bonds. The van der Waals surface area contributed by atoms with Gasteiger partial charge in [0.05, 0.1) is 38.2 Å². The zero-order valence-corrected chi connectivity index (χ0v) is 14.1. The lowest BCUT2D eigenvalue weighted by atomic mass is 9.73. The van der Waals surface area contributed by atoms with Gasteiger partial charge in [-0.05, 0) is 26.7 Å². The van der Waals surface area contributed by atoms with Crippen molar-refractivity contribution >= 4 is 0 Å². The fourth-order valence-corrected chi connectivity index (χ4v) is 3.89. The molecule has 3 N–H and O–H groups in total. The molecule has 1 fully saturated rings. The molecule has 1 atom stereocenters. The van der Waals surface area contributed by atoms with Crippen LogP contribution in [0.5, 0.6) is 0 Å². The van der Waals surface area contributed by atoms with Crippen molar-refractivity contribution in [3.05, 3.63) is 35.9 Å². The molecule has 1 aliphatic heterocycles. The van der Waals surface area contributed by atoms with Crippen molar-refractivity contribution in [2.75, 3.05) is 33.8 Å². The van der Waals surface area contributed by atoms with Crippen LogP contribution in [-0.4, -0.2) is 39.4 Å². The van der Waals surface area contributed by atoms with Gasteiger partial charge in [-0.25, -0.2) is 0 Å². The number of hydrogen-bond acceptors (Lipinski definition) is 1. The molecular weight excluding hydrogens is 260 g/mol. The summed E-state index contributed by atoms with van der Waals surface area (Å²) in [6.07, 6.45) is 2.35. The van der Waals surface area contributed by atoms with E-state index in [-0.39, 0.29) is 5.60 Å². The average molecular weight is 292 g/mol. The minimum Gasteiger partial charge on any atom is -0.376 e. The van der Waals surface area contributed by atoms with E-state index in [4.69, 9.17) is 4.74 Å². The Morgan fingerprint density at radius 1 is 1.19 bits per heavy atom. The molecule has 0 aromatic heterocycles. The second-order valence-electron chi connectivity index (χ2n) is 7.60. The third-order valence-electron chi connectivity index (χ3n) is 4.45. The monoisotopic (exact) mass is 292 g/mol. The predicted octanol–water partition coefficient (Wildman–Crippen LogP) is 0.470. The van der Waals surface area contributed by atoms with Crippen molar-refractivity contribution in [1.82, 2.24) is 0 Å². The van der Waals surface area contributed by atoms with Crippen LogP contribution in [0.2, 0.25) is 0 Å². The highest BCUT2D eigenvalue weighted by Gasteiger charge is 2.44. The van der Waals surface area contributed by atoms with E-state index in [2.05, 4.69) is 63.6 Å². The first-order chi connectivity index (χ1) is 9.91. The van der Waals surface area contributed by atoms with Crippen LogP contribution >= 0.6 is 0 Å². The van der Waals surface area contributed by atoms with Gasteiger partial charge in [-0.2, -0.15) is 0 Å². The Bertz CT molecular complexity index is 430. The minimum absolute atomic E-state index is 0.0221. The van der Waals surface area contributed by atoms with Crippen molar-refractivity contribution < 1.29 is 15.0 Å². The molecule has 1 aliphatic rings. The topological polar surface area (TPSA) is 30.3 Å². The van der Waals surface area contributed by atoms with Crippen LogP contribution in [-0.2, 0) is 11.3 Å². The number of quaternary nitrogens is 2. The summed E-state index contributed by atoms with van der Waals surface area (Å²) in [5.41, 5.74) is 1.83. The molecule has 118 valence electrons. The minimum atomic E-state index is 0.0221. The predicted molar refractivity (Wildman–Crippen MR) is 86.3 cm³/mol. The van der Waals surface area contributed by atoms with Crippen molar-refractivity contribution in [2.45, 2.75) is 38.8 Å². The first-order valence-corrected chi connectivity index (χ1v) is 8.19. The molecule has 0 radical (unpaired) electrons. The normalized spacial score (nSPS) is 25.2. The summed E-state index contributed by atoms with van der Waals surface area (Å²) in [6.45, 7) is 8.88. The molecule has 1 aromatic carbocycles. The number of hydrogen-bond donors (Lipinski definition) is 2. The summed E-state index contributed by atoms with van der Waals surface area (Å²) >= 11 is 0. The molecular formula is C18H32N2O+2. The average Bonchev–Trinajstić information content (AvgIpc) is 2.37. The third-order valence-corrected chi connectivity index (χ3v) is 4.45. The van der Waals surface area contributed by atoms with Gasteiger partial charge in [0.15, 0.2) is 0 Å². The van der Waals surface area contributed by atoms with E-state index >= 15 is 0 Å². The van der Waals surface area contributed by atoms with Crippen LogP contribution in [0.1, 0.15) is 32.3 Å². The van der Waals surface area contributed by atoms with E-state index in [1.807, 2.05) is 0 Å². The number of rotatable bonds is 6. The summed E-state index contributed by atoms with van der Waals surface area (Å²) in [5, 5.41) is 2.49. The second kappa shape index (κ2) is 6.91. The molecule has 3 nitrogen and oxygen atoms in total. The van der Waals surface area contributed by atoms with E-state index in [9.17, 15) is 0 Å². The van der Waals surface area contributed by atoms with Crippen molar-refractivity contribution in [3.8, 4) is 0 Å². The smallest absolute Gasteiger partial charge is 0.101 e. The first kappa shape index (κ1) is 16.5. The Balaban J connectivity index is 1.96. The van der Waals surface area contributed by atoms with Gasteiger partial charge in [-0.3, -0.25) is 0 Å². The fraction of sp³-hybridized carbons (Fsp3) is 0.667. The highest BCUT2D eigenvalue weighted by molar-refractivity contribution is 5.13. The fourth-order valence-electron chi connectivity index (χ4n) is 3.89. The summed E-state index contributed by atoms with van der Waals surface area (Å²) < 4.78 is 5.94. The molecule has 0 aliphatic carbocycles. The maximum Gasteiger partial charge on any atom is 0.101 e. The van der Waals surface area contributed by atoms with Gasteiger partial charge in [-0.1, -0.05) is 30.3 Å². The van der Waals surface area contributed by atoms with Gasteiger partial charge >= 0.3 is 0 Å². The molecule has 3 heteroatoms. The Morgan fingerprint density at radius 2 is 1.90 bits per heavy atom. The molecule has 0 bridgehead atoms. The number of benzene rings is 1. The van der Waals surface area contributed by atoms with Gasteiger partial charge in [0, 0.05) is 12.2 Å². The summed E-state index contributed by atoms with van der Waals surface area (Å²) in [7, 11) is 4.53. The maximum absolute atomic E-state index is 5.94. The zero-order valence-electron chi connectivity index (χ0n) is 14.1. The lowest BCUT2D eigenvalue weighted by Crippen LogP contribution is -3.08. The quantitative estimate of drug-likeness (QED) is 0.784.